The van der Waals surface area contributed by atoms with Gasteiger partial charge >= 0.3 is 0 Å². The van der Waals surface area contributed by atoms with E-state index in [4.69, 9.17) is 5.11 Å². The number of hydrogen-bond donors (Lipinski definition) is 1. The summed E-state index contributed by atoms with van der Waals surface area (Å²) in [5, 5.41) is 8.08. The van der Waals surface area contributed by atoms with Crippen LogP contribution < -0.4 is 0 Å². The molecule has 31 valence electrons. The Morgan fingerprint density at radius 2 is 2.20 bits per heavy atom. The van der Waals surface area contributed by atoms with Crippen LogP contribution in [0.5, 0.6) is 0 Å². The molecule has 0 amide bonds. The van der Waals surface area contributed by atoms with Crippen molar-refractivity contribution in [3.05, 3.63) is 6.92 Å². The summed E-state index contributed by atoms with van der Waals surface area (Å²) in [6, 6.07) is 0. The molecule has 0 aromatic carbocycles. The van der Waals surface area contributed by atoms with Crippen LogP contribution in [0.4, 0.5) is 0 Å². The van der Waals surface area contributed by atoms with Crippen LogP contribution in [0.3, 0.4) is 0 Å². The Morgan fingerprint density at radius 3 is 2.20 bits per heavy atom. The van der Waals surface area contributed by atoms with E-state index >= 15 is 0 Å². The highest BCUT2D eigenvalue weighted by Gasteiger charge is 1.81. The lowest BCUT2D eigenvalue weighted by Crippen LogP contribution is -1.91. The summed E-state index contributed by atoms with van der Waals surface area (Å²) < 4.78 is 0. The van der Waals surface area contributed by atoms with Crippen molar-refractivity contribution in [1.82, 2.24) is 0 Å². The Balaban J connectivity index is 2.54. The summed E-state index contributed by atoms with van der Waals surface area (Å²) in [4.78, 5) is 0. The van der Waals surface area contributed by atoms with Gasteiger partial charge in [0.25, 0.3) is 0 Å². The van der Waals surface area contributed by atoms with Crippen LogP contribution in [0.1, 0.15) is 6.92 Å². The lowest BCUT2D eigenvalue weighted by Gasteiger charge is -1.89. The van der Waals surface area contributed by atoms with Gasteiger partial charge in [0, 0.05) is 6.61 Å². The van der Waals surface area contributed by atoms with Gasteiger partial charge in [0.2, 0.25) is 0 Å². The molecular weight excluding hydrogens is 64.0 g/mol. The minimum absolute atomic E-state index is 0.190. The Morgan fingerprint density at radius 1 is 2.00 bits per heavy atom. The van der Waals surface area contributed by atoms with Gasteiger partial charge in [-0.3, -0.25) is 0 Å². The fourth-order valence-electron chi connectivity index (χ4n) is 0. The normalized spacial score (nSPS) is 9.60. The first-order chi connectivity index (χ1) is 2.27. The molecular formula is C4H9O. The number of rotatable bonds is 1. The van der Waals surface area contributed by atoms with Gasteiger partial charge in [-0.15, -0.1) is 0 Å². The maximum absolute atomic E-state index is 8.08. The summed E-state index contributed by atoms with van der Waals surface area (Å²) >= 11 is 0. The minimum atomic E-state index is 0.190. The van der Waals surface area contributed by atoms with Crippen LogP contribution in [0.2, 0.25) is 0 Å². The second-order valence-electron chi connectivity index (χ2n) is 1.29. The molecule has 0 saturated carbocycles. The molecule has 0 rings (SSSR count). The minimum Gasteiger partial charge on any atom is -0.396 e. The third-order valence-corrected chi connectivity index (χ3v) is 0.312. The fraction of sp³-hybridized carbons (Fsp3) is 0.750. The van der Waals surface area contributed by atoms with Gasteiger partial charge in [0.05, 0.1) is 0 Å². The summed E-state index contributed by atoms with van der Waals surface area (Å²) in [6.45, 7) is 5.56. The lowest BCUT2D eigenvalue weighted by atomic mass is 10.2. The van der Waals surface area contributed by atoms with E-state index in [0.717, 1.165) is 0 Å². The van der Waals surface area contributed by atoms with Crippen molar-refractivity contribution in [3.8, 4) is 0 Å². The van der Waals surface area contributed by atoms with Crippen molar-refractivity contribution in [2.45, 2.75) is 6.92 Å². The van der Waals surface area contributed by atoms with Gasteiger partial charge in [-0.2, -0.15) is 0 Å². The molecule has 1 atom stereocenters. The zero-order chi connectivity index (χ0) is 4.28. The van der Waals surface area contributed by atoms with E-state index in [1.54, 1.807) is 0 Å². The molecule has 1 radical (unpaired) electrons. The first-order valence-electron chi connectivity index (χ1n) is 1.71. The van der Waals surface area contributed by atoms with Crippen molar-refractivity contribution in [2.75, 3.05) is 6.61 Å². The van der Waals surface area contributed by atoms with Gasteiger partial charge in [0.15, 0.2) is 0 Å². The molecule has 0 fully saturated rings. The van der Waals surface area contributed by atoms with Crippen molar-refractivity contribution in [1.29, 1.82) is 0 Å². The molecule has 0 aromatic rings. The molecule has 0 aliphatic rings. The van der Waals surface area contributed by atoms with E-state index in [1.807, 2.05) is 6.92 Å². The predicted molar refractivity (Wildman–Crippen MR) is 21.6 cm³/mol. The van der Waals surface area contributed by atoms with Crippen LogP contribution in [-0.2, 0) is 0 Å². The first-order valence-corrected chi connectivity index (χ1v) is 1.71. The van der Waals surface area contributed by atoms with Crippen molar-refractivity contribution in [2.24, 2.45) is 5.92 Å². The quantitative estimate of drug-likeness (QED) is 0.477. The van der Waals surface area contributed by atoms with Gasteiger partial charge < -0.3 is 5.11 Å². The average molecular weight is 73.1 g/mol. The first kappa shape index (κ1) is 4.96. The summed E-state index contributed by atoms with van der Waals surface area (Å²) in [5.41, 5.74) is 0. The molecule has 0 heterocycles. The monoisotopic (exact) mass is 73.1 g/mol. The van der Waals surface area contributed by atoms with E-state index < -0.39 is 0 Å². The van der Waals surface area contributed by atoms with Gasteiger partial charge in [0.1, 0.15) is 0 Å². The van der Waals surface area contributed by atoms with E-state index in [-0.39, 0.29) is 12.5 Å². The van der Waals surface area contributed by atoms with Crippen molar-refractivity contribution < 1.29 is 5.11 Å². The highest BCUT2D eigenvalue weighted by atomic mass is 16.3. The van der Waals surface area contributed by atoms with Crippen LogP contribution in [0, 0.1) is 12.8 Å². The standard InChI is InChI=1S/C4H9O/c1-4(2)3-5/h4-5H,1,3H2,2H3/t4-/m0/s1. The average Bonchev–Trinajstić information content (AvgIpc) is 1.38. The van der Waals surface area contributed by atoms with Crippen LogP contribution >= 0.6 is 0 Å². The number of hydrogen-bond acceptors (Lipinski definition) is 1. The molecule has 0 unspecified atom stereocenters. The molecule has 0 saturated heterocycles. The molecule has 0 spiro atoms. The van der Waals surface area contributed by atoms with E-state index in [0.29, 0.717) is 0 Å². The molecule has 0 aliphatic carbocycles. The second-order valence-corrected chi connectivity index (χ2v) is 1.29. The van der Waals surface area contributed by atoms with E-state index in [1.165, 1.54) is 0 Å². The molecule has 0 bridgehead atoms. The lowest BCUT2D eigenvalue weighted by molar-refractivity contribution is 0.261. The Hall–Kier alpha value is -0.0400. The zero-order valence-electron chi connectivity index (χ0n) is 3.44. The van der Waals surface area contributed by atoms with Crippen molar-refractivity contribution in [3.63, 3.8) is 0 Å². The van der Waals surface area contributed by atoms with Gasteiger partial charge in [-0.05, 0) is 12.8 Å². The molecule has 1 N–H and O–H groups in total. The van der Waals surface area contributed by atoms with Crippen LogP contribution in [0.25, 0.3) is 0 Å². The van der Waals surface area contributed by atoms with E-state index in [9.17, 15) is 0 Å². The molecule has 5 heavy (non-hydrogen) atoms. The largest absolute Gasteiger partial charge is 0.396 e. The Labute approximate surface area is 32.6 Å². The molecule has 1 heteroatoms. The van der Waals surface area contributed by atoms with Crippen LogP contribution in [0.15, 0.2) is 0 Å². The highest BCUT2D eigenvalue weighted by Crippen LogP contribution is 1.82. The zero-order valence-corrected chi connectivity index (χ0v) is 3.44. The molecule has 0 aromatic heterocycles. The SMILES string of the molecule is [CH2][C@@H](C)CO. The smallest absolute Gasteiger partial charge is 0.0456 e. The maximum atomic E-state index is 8.08. The van der Waals surface area contributed by atoms with Crippen molar-refractivity contribution >= 4 is 0 Å². The summed E-state index contributed by atoms with van der Waals surface area (Å²) in [5.74, 6) is 0.190. The third-order valence-electron chi connectivity index (χ3n) is 0.312. The second kappa shape index (κ2) is 2.21. The number of aliphatic hydroxyl groups is 1. The highest BCUT2D eigenvalue weighted by molar-refractivity contribution is 4.46. The molecule has 1 nitrogen and oxygen atoms in total. The number of aliphatic hydroxyl groups excluding tert-OH is 1. The van der Waals surface area contributed by atoms with E-state index in [2.05, 4.69) is 6.92 Å². The summed E-state index contributed by atoms with van der Waals surface area (Å²) in [7, 11) is 0. The predicted octanol–water partition coefficient (Wildman–Crippen LogP) is 0.449. The maximum Gasteiger partial charge on any atom is 0.0456 e. The third kappa shape index (κ3) is 3.96. The fourth-order valence-corrected chi connectivity index (χ4v) is 0. The summed E-state index contributed by atoms with van der Waals surface area (Å²) in [6.07, 6.45) is 0. The Bertz CT molecular complexity index is 17.6. The Kier molecular flexibility index (Phi) is 2.19. The van der Waals surface area contributed by atoms with Crippen LogP contribution in [-0.4, -0.2) is 11.7 Å². The topological polar surface area (TPSA) is 20.2 Å². The molecule has 0 aliphatic heterocycles. The van der Waals surface area contributed by atoms with Gasteiger partial charge in [-0.1, -0.05) is 6.92 Å². The van der Waals surface area contributed by atoms with Gasteiger partial charge in [-0.25, -0.2) is 0 Å².